The molecule has 0 spiro atoms. The summed E-state index contributed by atoms with van der Waals surface area (Å²) in [5.74, 6) is -0.252. The van der Waals surface area contributed by atoms with Crippen molar-refractivity contribution in [2.75, 3.05) is 23.8 Å². The Morgan fingerprint density at radius 2 is 1.63 bits per heavy atom. The number of nitrogens with zero attached hydrogens (tertiary/aromatic N) is 1. The predicted molar refractivity (Wildman–Crippen MR) is 152 cm³/mol. The van der Waals surface area contributed by atoms with Gasteiger partial charge in [0.1, 0.15) is 0 Å². The highest BCUT2D eigenvalue weighted by Crippen LogP contribution is 2.48. The van der Waals surface area contributed by atoms with E-state index in [1.807, 2.05) is 72.9 Å². The maximum Gasteiger partial charge on any atom is 0.361 e. The Kier molecular flexibility index (Phi) is 7.52. The number of amides is 1. The van der Waals surface area contributed by atoms with E-state index in [1.165, 1.54) is 0 Å². The van der Waals surface area contributed by atoms with Crippen molar-refractivity contribution in [3.8, 4) is 11.1 Å². The number of nitrogens with one attached hydrogen (secondary N) is 2. The van der Waals surface area contributed by atoms with Crippen molar-refractivity contribution in [3.63, 3.8) is 0 Å². The van der Waals surface area contributed by atoms with E-state index in [0.717, 1.165) is 22.4 Å². The number of carbonyl (C=O) groups excluding carboxylic acids is 1. The first-order valence-corrected chi connectivity index (χ1v) is 14.0. The van der Waals surface area contributed by atoms with Crippen molar-refractivity contribution in [2.45, 2.75) is 13.8 Å². The first-order chi connectivity index (χ1) is 18.5. The standard InChI is InChI=1S/C30H28N3O4P/c1-3-36-38(35,37-4-2)25-16-17-27-26(19-25)28(30(34)33-27)29(22-9-6-5-7-10-22)32-24-14-12-21(13-15-24)23-11-8-18-31-20-23/h5-20,32H,3-4H2,1-2H3,(H,33,34)/b29-28-. The Morgan fingerprint density at radius 3 is 2.29 bits per heavy atom. The lowest BCUT2D eigenvalue weighted by Crippen LogP contribution is -2.12. The Balaban J connectivity index is 1.60. The number of aromatic nitrogens is 1. The fourth-order valence-electron chi connectivity index (χ4n) is 4.41. The number of hydrogen-bond donors (Lipinski definition) is 2. The summed E-state index contributed by atoms with van der Waals surface area (Å²) in [5.41, 5.74) is 6.06. The van der Waals surface area contributed by atoms with Gasteiger partial charge in [0.25, 0.3) is 5.91 Å². The number of carbonyl (C=O) groups is 1. The van der Waals surface area contributed by atoms with Crippen LogP contribution < -0.4 is 15.9 Å². The van der Waals surface area contributed by atoms with Gasteiger partial charge in [-0.1, -0.05) is 48.5 Å². The first-order valence-electron chi connectivity index (χ1n) is 12.4. The topological polar surface area (TPSA) is 89.6 Å². The summed E-state index contributed by atoms with van der Waals surface area (Å²) >= 11 is 0. The van der Waals surface area contributed by atoms with Crippen molar-refractivity contribution < 1.29 is 18.4 Å². The predicted octanol–water partition coefficient (Wildman–Crippen LogP) is 6.57. The highest BCUT2D eigenvalue weighted by atomic mass is 31.2. The smallest absolute Gasteiger partial charge is 0.354 e. The molecular formula is C30H28N3O4P. The molecule has 0 saturated carbocycles. The van der Waals surface area contributed by atoms with Crippen LogP contribution >= 0.6 is 7.60 Å². The Labute approximate surface area is 222 Å². The van der Waals surface area contributed by atoms with Crippen LogP contribution in [0.5, 0.6) is 0 Å². The molecule has 0 fully saturated rings. The summed E-state index contributed by atoms with van der Waals surface area (Å²) in [6.07, 6.45) is 3.57. The van der Waals surface area contributed by atoms with Gasteiger partial charge < -0.3 is 19.7 Å². The maximum absolute atomic E-state index is 13.5. The largest absolute Gasteiger partial charge is 0.361 e. The molecule has 1 aliphatic heterocycles. The zero-order chi connectivity index (χ0) is 26.5. The maximum atomic E-state index is 13.5. The molecule has 3 aromatic carbocycles. The van der Waals surface area contributed by atoms with Gasteiger partial charge in [-0.3, -0.25) is 14.3 Å². The summed E-state index contributed by atoms with van der Waals surface area (Å²) in [5, 5.41) is 6.81. The fourth-order valence-corrected chi connectivity index (χ4v) is 6.00. The van der Waals surface area contributed by atoms with Crippen molar-refractivity contribution in [2.24, 2.45) is 0 Å². The highest BCUT2D eigenvalue weighted by Gasteiger charge is 2.33. The van der Waals surface area contributed by atoms with Crippen molar-refractivity contribution in [3.05, 3.63) is 108 Å². The highest BCUT2D eigenvalue weighted by molar-refractivity contribution is 7.62. The number of hydrogen-bond acceptors (Lipinski definition) is 6. The van der Waals surface area contributed by atoms with Crippen LogP contribution in [0, 0.1) is 0 Å². The molecule has 0 atom stereocenters. The number of rotatable bonds is 9. The molecule has 0 radical (unpaired) electrons. The Morgan fingerprint density at radius 1 is 0.895 bits per heavy atom. The Bertz CT molecular complexity index is 1510. The molecule has 2 N–H and O–H groups in total. The molecule has 1 aromatic heterocycles. The minimum absolute atomic E-state index is 0.236. The van der Waals surface area contributed by atoms with Gasteiger partial charge in [-0.15, -0.1) is 0 Å². The SMILES string of the molecule is CCOP(=O)(OCC)c1ccc2c(c1)/C(=C(/Nc1ccc(-c3cccnc3)cc1)c1ccccc1)C(=O)N2. The molecule has 0 bridgehead atoms. The summed E-state index contributed by atoms with van der Waals surface area (Å²) in [4.78, 5) is 17.5. The molecule has 4 aromatic rings. The summed E-state index contributed by atoms with van der Waals surface area (Å²) < 4.78 is 24.6. The van der Waals surface area contributed by atoms with Crippen LogP contribution in [0.4, 0.5) is 11.4 Å². The first kappa shape index (κ1) is 25.6. The van der Waals surface area contributed by atoms with E-state index in [-0.39, 0.29) is 19.1 Å². The Hall–Kier alpha value is -4.03. The van der Waals surface area contributed by atoms with Crippen LogP contribution in [0.25, 0.3) is 22.4 Å². The van der Waals surface area contributed by atoms with E-state index >= 15 is 0 Å². The van der Waals surface area contributed by atoms with Crippen molar-refractivity contribution >= 4 is 41.5 Å². The van der Waals surface area contributed by atoms with Crippen LogP contribution in [0.15, 0.2) is 97.3 Å². The van der Waals surface area contributed by atoms with E-state index in [0.29, 0.717) is 27.8 Å². The van der Waals surface area contributed by atoms with Gasteiger partial charge in [0.2, 0.25) is 0 Å². The molecule has 38 heavy (non-hydrogen) atoms. The number of benzene rings is 3. The van der Waals surface area contributed by atoms with Crippen molar-refractivity contribution in [1.29, 1.82) is 0 Å². The molecule has 7 nitrogen and oxygen atoms in total. The van der Waals surface area contributed by atoms with Gasteiger partial charge in [0, 0.05) is 29.3 Å². The number of pyridine rings is 1. The van der Waals surface area contributed by atoms with E-state index in [2.05, 4.69) is 15.6 Å². The normalized spacial score (nSPS) is 14.1. The molecule has 0 aliphatic carbocycles. The minimum Gasteiger partial charge on any atom is -0.354 e. The van der Waals surface area contributed by atoms with Gasteiger partial charge in [0.05, 0.1) is 29.8 Å². The molecule has 0 saturated heterocycles. The van der Waals surface area contributed by atoms with Crippen LogP contribution in [-0.4, -0.2) is 24.1 Å². The summed E-state index contributed by atoms with van der Waals surface area (Å²) in [6.45, 7) is 4.01. The molecule has 5 rings (SSSR count). The van der Waals surface area contributed by atoms with E-state index in [4.69, 9.17) is 9.05 Å². The second kappa shape index (κ2) is 11.2. The van der Waals surface area contributed by atoms with Gasteiger partial charge in [-0.2, -0.15) is 0 Å². The third kappa shape index (κ3) is 5.18. The zero-order valence-corrected chi connectivity index (χ0v) is 22.1. The quantitative estimate of drug-likeness (QED) is 0.190. The van der Waals surface area contributed by atoms with Crippen LogP contribution in [0.2, 0.25) is 0 Å². The minimum atomic E-state index is -3.54. The third-order valence-corrected chi connectivity index (χ3v) is 8.23. The average Bonchev–Trinajstić information content (AvgIpc) is 3.28. The monoisotopic (exact) mass is 525 g/mol. The van der Waals surface area contributed by atoms with Crippen LogP contribution in [-0.2, 0) is 18.4 Å². The third-order valence-electron chi connectivity index (χ3n) is 6.12. The molecule has 1 aliphatic rings. The summed E-state index contributed by atoms with van der Waals surface area (Å²) in [6, 6.07) is 26.7. The number of fused-ring (bicyclic) bond motifs is 1. The second-order valence-electron chi connectivity index (χ2n) is 8.58. The van der Waals surface area contributed by atoms with Gasteiger partial charge in [-0.25, -0.2) is 0 Å². The van der Waals surface area contributed by atoms with Gasteiger partial charge in [-0.05, 0) is 66.9 Å². The average molecular weight is 526 g/mol. The molecule has 0 unspecified atom stereocenters. The van der Waals surface area contributed by atoms with Crippen molar-refractivity contribution in [1.82, 2.24) is 4.98 Å². The molecule has 8 heteroatoms. The fraction of sp³-hybridized carbons (Fsp3) is 0.133. The lowest BCUT2D eigenvalue weighted by atomic mass is 10.00. The summed E-state index contributed by atoms with van der Waals surface area (Å²) in [7, 11) is -3.54. The number of anilines is 2. The second-order valence-corrected chi connectivity index (χ2v) is 10.6. The zero-order valence-electron chi connectivity index (χ0n) is 21.2. The van der Waals surface area contributed by atoms with Crippen LogP contribution in [0.1, 0.15) is 25.0 Å². The molecule has 192 valence electrons. The van der Waals surface area contributed by atoms with Crippen LogP contribution in [0.3, 0.4) is 0 Å². The van der Waals surface area contributed by atoms with Gasteiger partial charge in [0.15, 0.2) is 0 Å². The van der Waals surface area contributed by atoms with E-state index < -0.39 is 7.60 Å². The molecule has 2 heterocycles. The van der Waals surface area contributed by atoms with Gasteiger partial charge >= 0.3 is 7.60 Å². The lowest BCUT2D eigenvalue weighted by Gasteiger charge is -2.18. The molecule has 1 amide bonds. The molecular weight excluding hydrogens is 497 g/mol. The van der Waals surface area contributed by atoms with E-state index in [9.17, 15) is 9.36 Å². The lowest BCUT2D eigenvalue weighted by molar-refractivity contribution is -0.110. The van der Waals surface area contributed by atoms with E-state index in [1.54, 1.807) is 38.2 Å².